The fourth-order valence-electron chi connectivity index (χ4n) is 2.72. The number of esters is 2. The fourth-order valence-corrected chi connectivity index (χ4v) is 2.72. The van der Waals surface area contributed by atoms with Crippen LogP contribution in [0.15, 0.2) is 24.3 Å². The molecule has 2 rings (SSSR count). The Kier molecular flexibility index (Phi) is 6.96. The van der Waals surface area contributed by atoms with Crippen molar-refractivity contribution in [1.29, 1.82) is 0 Å². The maximum Gasteiger partial charge on any atom is 0.338 e. The van der Waals surface area contributed by atoms with E-state index in [9.17, 15) is 14.4 Å². The van der Waals surface area contributed by atoms with E-state index in [-0.39, 0.29) is 18.2 Å². The smallest absolute Gasteiger partial charge is 0.338 e. The molecule has 0 saturated carbocycles. The van der Waals surface area contributed by atoms with E-state index in [0.717, 1.165) is 5.56 Å². The van der Waals surface area contributed by atoms with Crippen LogP contribution in [0.25, 0.3) is 0 Å². The first-order chi connectivity index (χ1) is 12.7. The molecule has 1 saturated heterocycles. The van der Waals surface area contributed by atoms with Crippen LogP contribution in [0, 0.1) is 5.92 Å². The van der Waals surface area contributed by atoms with Gasteiger partial charge in [-0.05, 0) is 44.9 Å². The maximum absolute atomic E-state index is 12.3. The summed E-state index contributed by atoms with van der Waals surface area (Å²) in [5.41, 5.74) is 0.649. The monoisotopic (exact) mass is 377 g/mol. The van der Waals surface area contributed by atoms with Gasteiger partial charge >= 0.3 is 11.9 Å². The predicted molar refractivity (Wildman–Crippen MR) is 98.2 cm³/mol. The third-order valence-corrected chi connectivity index (χ3v) is 4.13. The second-order valence-corrected chi connectivity index (χ2v) is 7.55. The summed E-state index contributed by atoms with van der Waals surface area (Å²) in [4.78, 5) is 36.4. The Hall–Kier alpha value is -2.41. The zero-order valence-corrected chi connectivity index (χ0v) is 16.2. The minimum absolute atomic E-state index is 0.215. The van der Waals surface area contributed by atoms with E-state index < -0.39 is 23.6 Å². The van der Waals surface area contributed by atoms with Crippen LogP contribution in [0.1, 0.15) is 43.1 Å². The lowest BCUT2D eigenvalue weighted by Crippen LogP contribution is -2.45. The van der Waals surface area contributed by atoms with Crippen molar-refractivity contribution in [3.05, 3.63) is 35.4 Å². The molecule has 1 aliphatic rings. The highest BCUT2D eigenvalue weighted by atomic mass is 16.6. The molecule has 148 valence electrons. The average molecular weight is 377 g/mol. The van der Waals surface area contributed by atoms with Gasteiger partial charge in [0.05, 0.1) is 25.2 Å². The first-order valence-corrected chi connectivity index (χ1v) is 8.98. The van der Waals surface area contributed by atoms with E-state index >= 15 is 0 Å². The Morgan fingerprint density at radius 3 is 2.41 bits per heavy atom. The molecule has 2 atom stereocenters. The number of nitrogens with one attached hydrogen (secondary N) is 1. The molecule has 1 aromatic carbocycles. The molecule has 1 heterocycles. The molecule has 0 aromatic heterocycles. The molecule has 0 spiro atoms. The number of hydrogen-bond donors (Lipinski definition) is 1. The molecule has 1 amide bonds. The van der Waals surface area contributed by atoms with Crippen LogP contribution in [-0.4, -0.2) is 49.8 Å². The summed E-state index contributed by atoms with van der Waals surface area (Å²) in [5.74, 6) is -1.38. The lowest BCUT2D eigenvalue weighted by molar-refractivity contribution is -0.145. The summed E-state index contributed by atoms with van der Waals surface area (Å²) in [6.45, 7) is 6.33. The van der Waals surface area contributed by atoms with Gasteiger partial charge in [0.15, 0.2) is 0 Å². The first-order valence-electron chi connectivity index (χ1n) is 8.98. The molecular weight excluding hydrogens is 350 g/mol. The molecule has 0 bridgehead atoms. The minimum Gasteiger partial charge on any atom is -0.467 e. The van der Waals surface area contributed by atoms with Crippen LogP contribution in [-0.2, 0) is 30.2 Å². The van der Waals surface area contributed by atoms with Gasteiger partial charge in [0.25, 0.3) is 0 Å². The predicted octanol–water partition coefficient (Wildman–Crippen LogP) is 1.88. The Morgan fingerprint density at radius 2 is 1.89 bits per heavy atom. The number of benzene rings is 1. The molecule has 1 N–H and O–H groups in total. The zero-order valence-electron chi connectivity index (χ0n) is 16.2. The van der Waals surface area contributed by atoms with Crippen molar-refractivity contribution in [3.8, 4) is 0 Å². The largest absolute Gasteiger partial charge is 0.467 e. The van der Waals surface area contributed by atoms with Crippen LogP contribution in [0.2, 0.25) is 0 Å². The SMILES string of the molecule is COC(=O)[C@@H](Cc1ccc(C(=O)OC(C)(C)C)cc1)NC(=O)[C@@H]1CCOC1. The van der Waals surface area contributed by atoms with E-state index in [1.807, 2.05) is 0 Å². The number of ether oxygens (including phenoxy) is 3. The molecule has 1 aromatic rings. The summed E-state index contributed by atoms with van der Waals surface area (Å²) in [6, 6.07) is 5.96. The van der Waals surface area contributed by atoms with Crippen molar-refractivity contribution in [2.75, 3.05) is 20.3 Å². The molecule has 1 aliphatic heterocycles. The van der Waals surface area contributed by atoms with Gasteiger partial charge in [0, 0.05) is 13.0 Å². The number of amides is 1. The highest BCUT2D eigenvalue weighted by Gasteiger charge is 2.29. The standard InChI is InChI=1S/C20H27NO6/c1-20(2,3)27-18(23)14-7-5-13(6-8-14)11-16(19(24)25-4)21-17(22)15-9-10-26-12-15/h5-8,15-16H,9-12H2,1-4H3,(H,21,22)/t15-,16-/m1/s1. The molecule has 7 nitrogen and oxygen atoms in total. The van der Waals surface area contributed by atoms with Crippen LogP contribution >= 0.6 is 0 Å². The lowest BCUT2D eigenvalue weighted by Gasteiger charge is -2.20. The van der Waals surface area contributed by atoms with Crippen LogP contribution in [0.4, 0.5) is 0 Å². The Morgan fingerprint density at radius 1 is 1.22 bits per heavy atom. The van der Waals surface area contributed by atoms with Gasteiger partial charge in [-0.15, -0.1) is 0 Å². The lowest BCUT2D eigenvalue weighted by atomic mass is 10.0. The Bertz CT molecular complexity index is 671. The normalized spacial score (nSPS) is 17.9. The number of rotatable bonds is 6. The second-order valence-electron chi connectivity index (χ2n) is 7.55. The van der Waals surface area contributed by atoms with Crippen LogP contribution < -0.4 is 5.32 Å². The first kappa shape index (κ1) is 20.9. The number of hydrogen-bond acceptors (Lipinski definition) is 6. The average Bonchev–Trinajstić information content (AvgIpc) is 3.14. The van der Waals surface area contributed by atoms with Gasteiger partial charge in [-0.1, -0.05) is 12.1 Å². The molecule has 0 unspecified atom stereocenters. The molecular formula is C20H27NO6. The number of methoxy groups -OCH3 is 1. The van der Waals surface area contributed by atoms with Crippen molar-refractivity contribution >= 4 is 17.8 Å². The summed E-state index contributed by atoms with van der Waals surface area (Å²) >= 11 is 0. The van der Waals surface area contributed by atoms with Crippen molar-refractivity contribution in [3.63, 3.8) is 0 Å². The number of carbonyl (C=O) groups is 3. The Labute approximate surface area is 159 Å². The third kappa shape index (κ3) is 6.36. The van der Waals surface area contributed by atoms with Gasteiger partial charge in [-0.2, -0.15) is 0 Å². The topological polar surface area (TPSA) is 90.9 Å². The van der Waals surface area contributed by atoms with E-state index in [4.69, 9.17) is 14.2 Å². The Balaban J connectivity index is 2.03. The summed E-state index contributed by atoms with van der Waals surface area (Å²) < 4.78 is 15.3. The summed E-state index contributed by atoms with van der Waals surface area (Å²) in [7, 11) is 1.28. The quantitative estimate of drug-likeness (QED) is 0.761. The van der Waals surface area contributed by atoms with Gasteiger partial charge in [0.1, 0.15) is 11.6 Å². The minimum atomic E-state index is -0.796. The highest BCUT2D eigenvalue weighted by Crippen LogP contribution is 2.15. The van der Waals surface area contributed by atoms with Crippen molar-refractivity contribution in [1.82, 2.24) is 5.32 Å². The van der Waals surface area contributed by atoms with Crippen LogP contribution in [0.5, 0.6) is 0 Å². The van der Waals surface area contributed by atoms with E-state index in [1.165, 1.54) is 7.11 Å². The van der Waals surface area contributed by atoms with E-state index in [2.05, 4.69) is 5.32 Å². The molecule has 0 aliphatic carbocycles. The van der Waals surface area contributed by atoms with Crippen LogP contribution in [0.3, 0.4) is 0 Å². The number of carbonyl (C=O) groups excluding carboxylic acids is 3. The van der Waals surface area contributed by atoms with Gasteiger partial charge in [0.2, 0.25) is 5.91 Å². The van der Waals surface area contributed by atoms with Crippen molar-refractivity contribution in [2.24, 2.45) is 5.92 Å². The van der Waals surface area contributed by atoms with Crippen molar-refractivity contribution < 1.29 is 28.6 Å². The second kappa shape index (κ2) is 8.99. The van der Waals surface area contributed by atoms with Gasteiger partial charge in [-0.3, -0.25) is 4.79 Å². The van der Waals surface area contributed by atoms with E-state index in [1.54, 1.807) is 45.0 Å². The molecule has 7 heteroatoms. The van der Waals surface area contributed by atoms with Gasteiger partial charge < -0.3 is 19.5 Å². The highest BCUT2D eigenvalue weighted by molar-refractivity contribution is 5.90. The molecule has 27 heavy (non-hydrogen) atoms. The molecule has 0 radical (unpaired) electrons. The molecule has 1 fully saturated rings. The van der Waals surface area contributed by atoms with Crippen molar-refractivity contribution in [2.45, 2.75) is 45.3 Å². The summed E-state index contributed by atoms with van der Waals surface area (Å²) in [6.07, 6.45) is 0.908. The van der Waals surface area contributed by atoms with E-state index in [0.29, 0.717) is 25.2 Å². The summed E-state index contributed by atoms with van der Waals surface area (Å²) in [5, 5.41) is 2.74. The fraction of sp³-hybridized carbons (Fsp3) is 0.550. The van der Waals surface area contributed by atoms with Gasteiger partial charge in [-0.25, -0.2) is 9.59 Å². The zero-order chi connectivity index (χ0) is 20.0. The maximum atomic E-state index is 12.3. The third-order valence-electron chi connectivity index (χ3n) is 4.13.